The van der Waals surface area contributed by atoms with E-state index in [1.165, 1.54) is 27.8 Å². The maximum atomic E-state index is 5.11. The van der Waals surface area contributed by atoms with E-state index in [-0.39, 0.29) is 0 Å². The molecule has 0 aliphatic carbocycles. The zero-order valence-electron chi connectivity index (χ0n) is 18.0. The normalized spacial score (nSPS) is 14.8. The molecule has 0 atom stereocenters. The number of aryl methyl sites for hydroxylation is 1. The van der Waals surface area contributed by atoms with E-state index in [1.807, 2.05) is 12.3 Å². The molecule has 1 aliphatic heterocycles. The number of anilines is 1. The number of pyridine rings is 2. The van der Waals surface area contributed by atoms with Gasteiger partial charge in [-0.15, -0.1) is 0 Å². The molecule has 4 nitrogen and oxygen atoms in total. The molecule has 1 saturated heterocycles. The Labute approximate surface area is 184 Å². The second-order valence-corrected chi connectivity index (χ2v) is 8.31. The van der Waals surface area contributed by atoms with Gasteiger partial charge in [0.05, 0.1) is 5.52 Å². The van der Waals surface area contributed by atoms with E-state index in [2.05, 4.69) is 88.4 Å². The quantitative estimate of drug-likeness (QED) is 0.467. The minimum atomic E-state index is 1.01. The van der Waals surface area contributed by atoms with Gasteiger partial charge in [-0.25, -0.2) is 4.98 Å². The number of para-hydroxylation sites is 1. The van der Waals surface area contributed by atoms with Gasteiger partial charge in [-0.05, 0) is 36.8 Å². The first kappa shape index (κ1) is 19.7. The average Bonchev–Trinajstić information content (AvgIpc) is 2.84. The molecule has 3 heterocycles. The summed E-state index contributed by atoms with van der Waals surface area (Å²) in [5, 5.41) is 1.19. The fourth-order valence-electron chi connectivity index (χ4n) is 4.30. The van der Waals surface area contributed by atoms with E-state index in [4.69, 9.17) is 4.98 Å². The van der Waals surface area contributed by atoms with Crippen LogP contribution in [0.15, 0.2) is 79.0 Å². The molecule has 1 aliphatic rings. The Kier molecular flexibility index (Phi) is 5.63. The number of benzene rings is 2. The van der Waals surface area contributed by atoms with Gasteiger partial charge in [0, 0.05) is 62.0 Å². The molecule has 0 amide bonds. The Morgan fingerprint density at radius 2 is 1.65 bits per heavy atom. The van der Waals surface area contributed by atoms with Crippen molar-refractivity contribution in [2.24, 2.45) is 0 Å². The van der Waals surface area contributed by atoms with Gasteiger partial charge in [-0.2, -0.15) is 0 Å². The zero-order valence-corrected chi connectivity index (χ0v) is 18.0. The van der Waals surface area contributed by atoms with E-state index in [0.29, 0.717) is 0 Å². The second kappa shape index (κ2) is 8.86. The third-order valence-corrected chi connectivity index (χ3v) is 6.17. The van der Waals surface area contributed by atoms with Crippen molar-refractivity contribution in [3.8, 4) is 11.1 Å². The molecule has 0 radical (unpaired) electrons. The first-order valence-electron chi connectivity index (χ1n) is 11.1. The van der Waals surface area contributed by atoms with Crippen molar-refractivity contribution in [3.05, 3.63) is 90.3 Å². The summed E-state index contributed by atoms with van der Waals surface area (Å²) < 4.78 is 0. The van der Waals surface area contributed by atoms with Crippen LogP contribution in [0.4, 0.5) is 5.82 Å². The van der Waals surface area contributed by atoms with Crippen LogP contribution in [0.25, 0.3) is 22.0 Å². The number of nitrogens with zero attached hydrogens (tertiary/aromatic N) is 4. The molecular formula is C27H28N4. The minimum absolute atomic E-state index is 1.01. The Morgan fingerprint density at radius 3 is 2.42 bits per heavy atom. The Bertz CT molecular complexity index is 1150. The molecule has 4 aromatic rings. The van der Waals surface area contributed by atoms with Gasteiger partial charge < -0.3 is 4.90 Å². The monoisotopic (exact) mass is 408 g/mol. The molecule has 0 N–H and O–H groups in total. The van der Waals surface area contributed by atoms with Crippen LogP contribution in [-0.4, -0.2) is 47.6 Å². The van der Waals surface area contributed by atoms with E-state index >= 15 is 0 Å². The van der Waals surface area contributed by atoms with Crippen LogP contribution >= 0.6 is 0 Å². The summed E-state index contributed by atoms with van der Waals surface area (Å²) in [5.74, 6) is 1.08. The van der Waals surface area contributed by atoms with Crippen LogP contribution in [0.5, 0.6) is 0 Å². The van der Waals surface area contributed by atoms with Crippen molar-refractivity contribution in [2.75, 3.05) is 37.6 Å². The molecule has 2 aromatic carbocycles. The largest absolute Gasteiger partial charge is 0.354 e. The van der Waals surface area contributed by atoms with Crippen molar-refractivity contribution in [1.29, 1.82) is 0 Å². The summed E-state index contributed by atoms with van der Waals surface area (Å²) in [6, 6.07) is 25.7. The molecule has 5 rings (SSSR count). The van der Waals surface area contributed by atoms with Gasteiger partial charge in [0.1, 0.15) is 5.82 Å². The molecule has 0 saturated carbocycles. The fraction of sp³-hybridized carbons (Fsp3) is 0.259. The number of rotatable bonds is 5. The van der Waals surface area contributed by atoms with Crippen molar-refractivity contribution >= 4 is 16.7 Å². The molecule has 1 fully saturated rings. The standard InChI is InChI=1S/C27H28N4/c1-21-8-10-22(11-9-21)25-7-4-5-23-12-13-26(29-27(23)25)31-19-17-30(18-20-31)16-14-24-6-2-3-15-28-24/h2-13,15H,14,16-20H2,1H3. The lowest BCUT2D eigenvalue weighted by atomic mass is 10.0. The number of fused-ring (bicyclic) bond motifs is 1. The van der Waals surface area contributed by atoms with Crippen molar-refractivity contribution in [2.45, 2.75) is 13.3 Å². The Morgan fingerprint density at radius 1 is 0.806 bits per heavy atom. The van der Waals surface area contributed by atoms with Crippen LogP contribution in [0, 0.1) is 6.92 Å². The molecule has 0 unspecified atom stereocenters. The zero-order chi connectivity index (χ0) is 21.0. The predicted octanol–water partition coefficient (Wildman–Crippen LogP) is 4.97. The molecule has 2 aromatic heterocycles. The van der Waals surface area contributed by atoms with Gasteiger partial charge in [-0.1, -0.05) is 54.1 Å². The minimum Gasteiger partial charge on any atom is -0.354 e. The average molecular weight is 409 g/mol. The Balaban J connectivity index is 1.31. The van der Waals surface area contributed by atoms with E-state index < -0.39 is 0 Å². The lowest BCUT2D eigenvalue weighted by molar-refractivity contribution is 0.260. The smallest absolute Gasteiger partial charge is 0.129 e. The van der Waals surface area contributed by atoms with Crippen LogP contribution in [-0.2, 0) is 6.42 Å². The summed E-state index contributed by atoms with van der Waals surface area (Å²) in [5.41, 5.74) is 5.96. The second-order valence-electron chi connectivity index (χ2n) is 8.31. The summed E-state index contributed by atoms with van der Waals surface area (Å²) in [6.07, 6.45) is 2.89. The maximum Gasteiger partial charge on any atom is 0.129 e. The number of hydrogen-bond acceptors (Lipinski definition) is 4. The van der Waals surface area contributed by atoms with Crippen LogP contribution in [0.2, 0.25) is 0 Å². The predicted molar refractivity (Wildman–Crippen MR) is 129 cm³/mol. The van der Waals surface area contributed by atoms with Gasteiger partial charge in [0.2, 0.25) is 0 Å². The highest BCUT2D eigenvalue weighted by Gasteiger charge is 2.18. The van der Waals surface area contributed by atoms with Crippen molar-refractivity contribution < 1.29 is 0 Å². The van der Waals surface area contributed by atoms with E-state index in [1.54, 1.807) is 0 Å². The topological polar surface area (TPSA) is 32.3 Å². The first-order valence-corrected chi connectivity index (χ1v) is 11.1. The summed E-state index contributed by atoms with van der Waals surface area (Å²) >= 11 is 0. The third-order valence-electron chi connectivity index (χ3n) is 6.17. The highest BCUT2D eigenvalue weighted by Crippen LogP contribution is 2.29. The molecular weight excluding hydrogens is 380 g/mol. The highest BCUT2D eigenvalue weighted by molar-refractivity contribution is 5.94. The van der Waals surface area contributed by atoms with Crippen LogP contribution < -0.4 is 4.90 Å². The first-order chi connectivity index (χ1) is 15.3. The van der Waals surface area contributed by atoms with Crippen LogP contribution in [0.1, 0.15) is 11.3 Å². The molecule has 4 heteroatoms. The SMILES string of the molecule is Cc1ccc(-c2cccc3ccc(N4CCN(CCc5ccccn5)CC4)nc23)cc1. The van der Waals surface area contributed by atoms with E-state index in [9.17, 15) is 0 Å². The van der Waals surface area contributed by atoms with Crippen molar-refractivity contribution in [3.63, 3.8) is 0 Å². The number of hydrogen-bond donors (Lipinski definition) is 0. The highest BCUT2D eigenvalue weighted by atomic mass is 15.3. The lowest BCUT2D eigenvalue weighted by Gasteiger charge is -2.35. The summed E-state index contributed by atoms with van der Waals surface area (Å²) in [7, 11) is 0. The number of aromatic nitrogens is 2. The summed E-state index contributed by atoms with van der Waals surface area (Å²) in [6.45, 7) is 7.33. The lowest BCUT2D eigenvalue weighted by Crippen LogP contribution is -2.47. The van der Waals surface area contributed by atoms with Gasteiger partial charge in [0.25, 0.3) is 0 Å². The summed E-state index contributed by atoms with van der Waals surface area (Å²) in [4.78, 5) is 14.5. The molecule has 0 spiro atoms. The molecule has 156 valence electrons. The van der Waals surface area contributed by atoms with Gasteiger partial charge in [0.15, 0.2) is 0 Å². The van der Waals surface area contributed by atoms with Crippen molar-refractivity contribution in [1.82, 2.24) is 14.9 Å². The van der Waals surface area contributed by atoms with Gasteiger partial charge in [-0.3, -0.25) is 9.88 Å². The van der Waals surface area contributed by atoms with E-state index in [0.717, 1.165) is 50.5 Å². The number of piperazine rings is 1. The third kappa shape index (κ3) is 4.44. The maximum absolute atomic E-state index is 5.11. The Hall–Kier alpha value is -3.24. The van der Waals surface area contributed by atoms with Gasteiger partial charge >= 0.3 is 0 Å². The fourth-order valence-corrected chi connectivity index (χ4v) is 4.30. The van der Waals surface area contributed by atoms with Crippen LogP contribution in [0.3, 0.4) is 0 Å². The molecule has 31 heavy (non-hydrogen) atoms. The molecule has 0 bridgehead atoms.